The van der Waals surface area contributed by atoms with Crippen LogP contribution in [0.15, 0.2) is 18.5 Å². The third kappa shape index (κ3) is 2.95. The highest BCUT2D eigenvalue weighted by Crippen LogP contribution is 2.00. The highest BCUT2D eigenvalue weighted by atomic mass is 127. The molecule has 1 aromatic rings. The van der Waals surface area contributed by atoms with Crippen molar-refractivity contribution in [1.82, 2.24) is 0 Å². The number of aryl methyl sites for hydroxylation is 1. The average molecular weight is 309 g/mol. The van der Waals surface area contributed by atoms with Crippen molar-refractivity contribution in [3.8, 4) is 0 Å². The van der Waals surface area contributed by atoms with Gasteiger partial charge in [-0.25, -0.2) is 14.2 Å². The summed E-state index contributed by atoms with van der Waals surface area (Å²) in [4.78, 5) is 21.0. The molecule has 0 aliphatic carbocycles. The smallest absolute Gasteiger partial charge is 0.341 e. The van der Waals surface area contributed by atoms with E-state index in [1.54, 1.807) is 7.05 Å². The number of rotatable bonds is 2. The molecule has 0 amide bonds. The molecular formula is C8H8INO4. The molecule has 0 spiro atoms. The van der Waals surface area contributed by atoms with Gasteiger partial charge in [-0.05, 0) is 6.07 Å². The molecule has 14 heavy (non-hydrogen) atoms. The summed E-state index contributed by atoms with van der Waals surface area (Å²) in [6, 6.07) is 1.12. The monoisotopic (exact) mass is 309 g/mol. The molecule has 6 heteroatoms. The zero-order chi connectivity index (χ0) is 10.0. The average Bonchev–Trinajstić information content (AvgIpc) is 2.03. The van der Waals surface area contributed by atoms with Crippen molar-refractivity contribution < 1.29 is 48.3 Å². The number of hydrogen-bond acceptors (Lipinski definition) is 2. The van der Waals surface area contributed by atoms with Gasteiger partial charge in [0, 0.05) is 0 Å². The second kappa shape index (κ2) is 4.89. The van der Waals surface area contributed by atoms with Gasteiger partial charge in [0.2, 0.25) is 0 Å². The molecule has 1 heterocycles. The van der Waals surface area contributed by atoms with Gasteiger partial charge in [0.15, 0.2) is 12.4 Å². The third-order valence-electron chi connectivity index (χ3n) is 1.49. The van der Waals surface area contributed by atoms with Gasteiger partial charge in [0.05, 0.1) is 0 Å². The summed E-state index contributed by atoms with van der Waals surface area (Å²) in [5, 5.41) is 17.2. The van der Waals surface area contributed by atoms with E-state index in [1.165, 1.54) is 17.0 Å². The van der Waals surface area contributed by atoms with Crippen LogP contribution in [-0.2, 0) is 7.05 Å². The van der Waals surface area contributed by atoms with Crippen molar-refractivity contribution in [1.29, 1.82) is 0 Å². The highest BCUT2D eigenvalue weighted by molar-refractivity contribution is 5.92. The van der Waals surface area contributed by atoms with Crippen molar-refractivity contribution in [3.63, 3.8) is 0 Å². The predicted octanol–water partition coefficient (Wildman–Crippen LogP) is -3.09. The van der Waals surface area contributed by atoms with Crippen LogP contribution >= 0.6 is 0 Å². The molecule has 0 aliphatic heterocycles. The minimum Gasteiger partial charge on any atom is -1.00 e. The molecule has 76 valence electrons. The number of aromatic nitrogens is 1. The fourth-order valence-electron chi connectivity index (χ4n) is 0.952. The summed E-state index contributed by atoms with van der Waals surface area (Å²) in [5.41, 5.74) is -0.0789. The first-order chi connectivity index (χ1) is 6.00. The Hall–Kier alpha value is -1.18. The lowest BCUT2D eigenvalue weighted by Crippen LogP contribution is -3.00. The second-order valence-corrected chi connectivity index (χ2v) is 2.59. The van der Waals surface area contributed by atoms with E-state index in [0.717, 1.165) is 6.07 Å². The second-order valence-electron chi connectivity index (χ2n) is 2.59. The van der Waals surface area contributed by atoms with Crippen molar-refractivity contribution in [2.75, 3.05) is 0 Å². The SMILES string of the molecule is C[n+]1cc(C(=O)O)cc(C(=O)O)c1.[I-]. The maximum atomic E-state index is 10.5. The lowest BCUT2D eigenvalue weighted by Gasteiger charge is -1.95. The zero-order valence-corrected chi connectivity index (χ0v) is 9.43. The molecule has 1 rings (SSSR count). The molecule has 0 unspecified atom stereocenters. The number of halogens is 1. The van der Waals surface area contributed by atoms with Crippen LogP contribution < -0.4 is 28.5 Å². The van der Waals surface area contributed by atoms with Crippen molar-refractivity contribution in [2.24, 2.45) is 7.05 Å². The normalized spacial score (nSPS) is 8.93. The molecule has 0 fully saturated rings. The molecule has 0 aromatic carbocycles. The van der Waals surface area contributed by atoms with E-state index in [-0.39, 0.29) is 35.1 Å². The van der Waals surface area contributed by atoms with Crippen molar-refractivity contribution in [2.45, 2.75) is 0 Å². The van der Waals surface area contributed by atoms with E-state index in [1.807, 2.05) is 0 Å². The topological polar surface area (TPSA) is 78.5 Å². The van der Waals surface area contributed by atoms with Gasteiger partial charge in [-0.3, -0.25) is 0 Å². The van der Waals surface area contributed by atoms with Crippen LogP contribution in [-0.4, -0.2) is 22.2 Å². The van der Waals surface area contributed by atoms with Crippen LogP contribution in [0.25, 0.3) is 0 Å². The van der Waals surface area contributed by atoms with Crippen molar-refractivity contribution in [3.05, 3.63) is 29.6 Å². The molecule has 0 bridgehead atoms. The molecule has 0 saturated carbocycles. The van der Waals surface area contributed by atoms with E-state index >= 15 is 0 Å². The van der Waals surface area contributed by atoms with Gasteiger partial charge in [-0.2, -0.15) is 0 Å². The van der Waals surface area contributed by atoms with E-state index in [4.69, 9.17) is 10.2 Å². The minimum atomic E-state index is -1.14. The van der Waals surface area contributed by atoms with Gasteiger partial charge in [0.25, 0.3) is 0 Å². The van der Waals surface area contributed by atoms with Gasteiger partial charge in [-0.1, -0.05) is 0 Å². The molecule has 0 saturated heterocycles. The first kappa shape index (κ1) is 12.8. The molecule has 0 atom stereocenters. The number of nitrogens with zero attached hydrogens (tertiary/aromatic N) is 1. The Labute approximate surface area is 97.0 Å². The predicted molar refractivity (Wildman–Crippen MR) is 41.5 cm³/mol. The van der Waals surface area contributed by atoms with Crippen molar-refractivity contribution >= 4 is 11.9 Å². The molecule has 0 aliphatic rings. The summed E-state index contributed by atoms with van der Waals surface area (Å²) < 4.78 is 1.40. The maximum absolute atomic E-state index is 10.5. The van der Waals surface area contributed by atoms with E-state index in [9.17, 15) is 9.59 Å². The molecule has 0 radical (unpaired) electrons. The summed E-state index contributed by atoms with van der Waals surface area (Å²) in [7, 11) is 1.57. The largest absolute Gasteiger partial charge is 1.00 e. The first-order valence-corrected chi connectivity index (χ1v) is 3.47. The summed E-state index contributed by atoms with van der Waals surface area (Å²) >= 11 is 0. The molecular weight excluding hydrogens is 301 g/mol. The Morgan fingerprint density at radius 2 is 1.50 bits per heavy atom. The summed E-state index contributed by atoms with van der Waals surface area (Å²) in [5.74, 6) is -2.28. The zero-order valence-electron chi connectivity index (χ0n) is 7.27. The Morgan fingerprint density at radius 3 is 1.79 bits per heavy atom. The maximum Gasteiger partial charge on any atom is 0.341 e. The van der Waals surface area contributed by atoms with Gasteiger partial charge in [-0.15, -0.1) is 0 Å². The van der Waals surface area contributed by atoms with Crippen LogP contribution in [0.4, 0.5) is 0 Å². The Kier molecular flexibility index (Phi) is 4.48. The fraction of sp³-hybridized carbons (Fsp3) is 0.125. The molecule has 5 nitrogen and oxygen atoms in total. The number of hydrogen-bond donors (Lipinski definition) is 2. The number of carboxylic acids is 2. The first-order valence-electron chi connectivity index (χ1n) is 3.47. The Balaban J connectivity index is 0.00000169. The quantitative estimate of drug-likeness (QED) is 0.448. The van der Waals surface area contributed by atoms with Crippen LogP contribution in [0.1, 0.15) is 20.7 Å². The van der Waals surface area contributed by atoms with E-state index in [0.29, 0.717) is 0 Å². The van der Waals surface area contributed by atoms with Gasteiger partial charge >= 0.3 is 11.9 Å². The molecule has 1 aromatic heterocycles. The summed E-state index contributed by atoms with van der Waals surface area (Å²) in [6.07, 6.45) is 2.68. The van der Waals surface area contributed by atoms with Crippen LogP contribution in [0.5, 0.6) is 0 Å². The van der Waals surface area contributed by atoms with Crippen LogP contribution in [0.3, 0.4) is 0 Å². The minimum absolute atomic E-state index is 0. The van der Waals surface area contributed by atoms with E-state index in [2.05, 4.69) is 0 Å². The van der Waals surface area contributed by atoms with Crippen LogP contribution in [0, 0.1) is 0 Å². The number of aromatic carboxylic acids is 2. The van der Waals surface area contributed by atoms with Gasteiger partial charge < -0.3 is 34.2 Å². The third-order valence-corrected chi connectivity index (χ3v) is 1.49. The Bertz CT molecular complexity index is 345. The number of carbonyl (C=O) groups is 2. The number of carboxylic acid groups (broad SMARTS) is 2. The van der Waals surface area contributed by atoms with Gasteiger partial charge in [0.1, 0.15) is 18.2 Å². The lowest BCUT2D eigenvalue weighted by molar-refractivity contribution is -0.671. The standard InChI is InChI=1S/C8H7NO4.HI/c1-9-3-5(7(10)11)2-6(4-9)8(12)13;/h2-4H,1H3,(H-,10,11,12,13);1H. The number of pyridine rings is 1. The summed E-state index contributed by atoms with van der Waals surface area (Å²) in [6.45, 7) is 0. The fourth-order valence-corrected chi connectivity index (χ4v) is 0.952. The van der Waals surface area contributed by atoms with Crippen LogP contribution in [0.2, 0.25) is 0 Å². The Morgan fingerprint density at radius 1 is 1.14 bits per heavy atom. The highest BCUT2D eigenvalue weighted by Gasteiger charge is 2.14. The molecule has 2 N–H and O–H groups in total. The van der Waals surface area contributed by atoms with E-state index < -0.39 is 11.9 Å². The lowest BCUT2D eigenvalue weighted by atomic mass is 10.2.